The number of aromatic nitrogens is 9. The van der Waals surface area contributed by atoms with Crippen molar-refractivity contribution in [2.45, 2.75) is 174 Å². The summed E-state index contributed by atoms with van der Waals surface area (Å²) in [5.41, 5.74) is 21.3. The zero-order chi connectivity index (χ0) is 76.6. The molecule has 9 aromatic rings. The average molecular weight is 1540 g/mol. The summed E-state index contributed by atoms with van der Waals surface area (Å²) < 4.78 is 51.2. The maximum atomic E-state index is 12.1. The Bertz CT molecular complexity index is 4910. The van der Waals surface area contributed by atoms with E-state index in [1.54, 1.807) is 22.7 Å². The number of amides is 2. The molecule has 6 aliphatic rings. The number of rotatable bonds is 17. The van der Waals surface area contributed by atoms with Gasteiger partial charge in [-0.2, -0.15) is 0 Å². The second kappa shape index (κ2) is 33.9. The Morgan fingerprint density at radius 2 is 0.917 bits per heavy atom. The van der Waals surface area contributed by atoms with Crippen LogP contribution in [0.5, 0.6) is 17.6 Å². The molecule has 3 aliphatic carbocycles. The van der Waals surface area contributed by atoms with Crippen LogP contribution in [0.15, 0.2) is 132 Å². The van der Waals surface area contributed by atoms with Crippen molar-refractivity contribution in [3.05, 3.63) is 178 Å². The summed E-state index contributed by atoms with van der Waals surface area (Å²) in [4.78, 5) is 41.9. The van der Waals surface area contributed by atoms with Crippen molar-refractivity contribution in [1.82, 2.24) is 61.5 Å². The summed E-state index contributed by atoms with van der Waals surface area (Å²) in [6.45, 7) is 28.3. The zero-order valence-electron chi connectivity index (χ0n) is 63.4. The summed E-state index contributed by atoms with van der Waals surface area (Å²) in [5, 5.41) is 38.9. The van der Waals surface area contributed by atoms with E-state index < -0.39 is 21.0 Å². The number of fused-ring (bicyclic) bond motifs is 3. The molecule has 3 fully saturated rings. The number of benzene rings is 3. The van der Waals surface area contributed by atoms with Gasteiger partial charge in [0, 0.05) is 103 Å². The van der Waals surface area contributed by atoms with Crippen molar-refractivity contribution in [2.75, 3.05) is 55.3 Å². The van der Waals surface area contributed by atoms with Gasteiger partial charge in [0.2, 0.25) is 42.1 Å². The van der Waals surface area contributed by atoms with Gasteiger partial charge < -0.3 is 55.2 Å². The Morgan fingerprint density at radius 3 is 1.29 bits per heavy atom. The molecule has 568 valence electrons. The SMILES string of the molecule is CC(C)(C)OC(=O)N[C@@H]1CCNC1.CC(C)Oc1cccc(C2=CCc3ccc(-c4nnc(N5CC[C@@H](N)C5)s4)cc32)n1.CC(C)Oc1cccc(C2=CCc3ccc(-c4nnc(N5CC[C@@H](NC(=O)OC(C)(C)C)C5)s4)cc32)n1.CC(C)Oc1cccc(C2=CCc3ccc(-c4nnc(S(C)(=O)=O)s4)cc32)n1. The van der Waals surface area contributed by atoms with Gasteiger partial charge in [-0.1, -0.05) is 107 Å². The number of nitrogens with two attached hydrogens (primary N) is 1. The molecular weight excluding hydrogens is 1440 g/mol. The van der Waals surface area contributed by atoms with Gasteiger partial charge in [0.15, 0.2) is 0 Å². The van der Waals surface area contributed by atoms with Crippen molar-refractivity contribution in [1.29, 1.82) is 0 Å². The molecule has 3 aliphatic heterocycles. The Morgan fingerprint density at radius 1 is 0.519 bits per heavy atom. The molecule has 3 atom stereocenters. The van der Waals surface area contributed by atoms with E-state index in [0.717, 1.165) is 165 Å². The maximum absolute atomic E-state index is 12.1. The lowest BCUT2D eigenvalue weighted by Gasteiger charge is -2.21. The van der Waals surface area contributed by atoms with E-state index in [4.69, 9.17) is 39.4 Å². The lowest BCUT2D eigenvalue weighted by atomic mass is 10.0. The number of pyridine rings is 3. The largest absolute Gasteiger partial charge is 0.475 e. The van der Waals surface area contributed by atoms with Crippen molar-refractivity contribution < 1.29 is 41.7 Å². The van der Waals surface area contributed by atoms with Crippen LogP contribution in [-0.2, 0) is 38.6 Å². The molecule has 15 rings (SSSR count). The monoisotopic (exact) mass is 1540 g/mol. The third-order valence-corrected chi connectivity index (χ3v) is 22.3. The molecule has 3 aromatic carbocycles. The number of hydrogen-bond donors (Lipinski definition) is 4. The Balaban J connectivity index is 0.000000141. The normalized spacial score (nSPS) is 17.1. The summed E-state index contributed by atoms with van der Waals surface area (Å²) >= 11 is 4.28. The third-order valence-electron chi connectivity index (χ3n) is 17.6. The Kier molecular flexibility index (Phi) is 24.5. The van der Waals surface area contributed by atoms with Gasteiger partial charge in [0.1, 0.15) is 26.2 Å². The van der Waals surface area contributed by atoms with Crippen LogP contribution >= 0.6 is 34.0 Å². The average Bonchev–Trinajstić information content (AvgIpc) is 1.64. The van der Waals surface area contributed by atoms with Crippen LogP contribution in [0.3, 0.4) is 0 Å². The number of nitrogens with zero attached hydrogens (tertiary/aromatic N) is 11. The first-order valence-corrected chi connectivity index (χ1v) is 40.9. The maximum Gasteiger partial charge on any atom is 0.407 e. The predicted molar refractivity (Wildman–Crippen MR) is 427 cm³/mol. The van der Waals surface area contributed by atoms with E-state index in [2.05, 4.69) is 116 Å². The third kappa shape index (κ3) is 20.6. The standard InChI is InChI=1S/C28H33N5O3S.C23H25N5OS.C20H19N3O3S2.C9H18N2O2/c1-17(2)35-24-8-6-7-23(30-24)21-12-11-18-9-10-19(15-22(18)21)25-31-32-26(37-25)33-14-13-20(16-33)29-27(34)36-28(3,4)5;1-14(2)29-21-5-3-4-20(25-21)18-9-8-15-6-7-16(12-19(15)18)22-26-27-23(30-22)28-11-10-17(24)13-28;1-12(2)26-18-6-4-5-17(21-18)15-10-9-13-7-8-14(11-16(13)15)19-22-23-20(27-19)28(3,24)25;1-9(2,3)13-8(12)11-7-4-5-10-6-7/h6-10,12,15,17,20H,11,13-14,16H2,1-5H3,(H,29,34);3-7,9,12,14,17H,8,10-11,13,24H2,1-2H3;4-8,10-12H,9H2,1-3H3;7,10H,4-6H2,1-3H3,(H,11,12)/t20-;17-;;7-/m11.1/s1. The second-order valence-corrected chi connectivity index (χ2v) is 35.1. The molecule has 0 radical (unpaired) electrons. The second-order valence-electron chi connectivity index (χ2n) is 30.0. The summed E-state index contributed by atoms with van der Waals surface area (Å²) in [6, 6.07) is 37.1. The van der Waals surface area contributed by atoms with Crippen LogP contribution in [0.4, 0.5) is 19.9 Å². The van der Waals surface area contributed by atoms with E-state index in [0.29, 0.717) is 29.2 Å². The predicted octanol–water partition coefficient (Wildman–Crippen LogP) is 14.0. The van der Waals surface area contributed by atoms with Gasteiger partial charge in [0.05, 0.1) is 41.4 Å². The van der Waals surface area contributed by atoms with Crippen molar-refractivity contribution in [2.24, 2.45) is 5.73 Å². The van der Waals surface area contributed by atoms with Crippen molar-refractivity contribution in [3.8, 4) is 49.4 Å². The van der Waals surface area contributed by atoms with E-state index in [1.807, 2.05) is 156 Å². The molecule has 3 saturated heterocycles. The molecule has 24 nitrogen and oxygen atoms in total. The van der Waals surface area contributed by atoms with Crippen molar-refractivity contribution in [3.63, 3.8) is 0 Å². The lowest BCUT2D eigenvalue weighted by molar-refractivity contribution is 0.0497. The van der Waals surface area contributed by atoms with E-state index in [9.17, 15) is 18.0 Å². The molecule has 108 heavy (non-hydrogen) atoms. The van der Waals surface area contributed by atoms with Gasteiger partial charge in [-0.05, 0) is 198 Å². The highest BCUT2D eigenvalue weighted by Crippen LogP contribution is 2.41. The van der Waals surface area contributed by atoms with Crippen LogP contribution in [0, 0.1) is 0 Å². The Hall–Kier alpha value is -9.58. The van der Waals surface area contributed by atoms with E-state index in [1.165, 1.54) is 27.8 Å². The molecule has 0 bridgehead atoms. The van der Waals surface area contributed by atoms with Crippen LogP contribution < -0.4 is 45.7 Å². The minimum Gasteiger partial charge on any atom is -0.475 e. The summed E-state index contributed by atoms with van der Waals surface area (Å²) in [5.74, 6) is 1.89. The van der Waals surface area contributed by atoms with Crippen molar-refractivity contribution >= 4 is 83.0 Å². The highest BCUT2D eigenvalue weighted by molar-refractivity contribution is 7.92. The number of sulfone groups is 1. The minimum absolute atomic E-state index is 0.0258. The highest BCUT2D eigenvalue weighted by atomic mass is 32.2. The zero-order valence-corrected chi connectivity index (χ0v) is 66.6. The van der Waals surface area contributed by atoms with Crippen LogP contribution in [0.1, 0.15) is 153 Å². The molecule has 5 N–H and O–H groups in total. The summed E-state index contributed by atoms with van der Waals surface area (Å²) in [6.07, 6.45) is 12.7. The first-order valence-electron chi connectivity index (χ1n) is 36.6. The number of carbonyl (C=O) groups is 2. The van der Waals surface area contributed by atoms with Crippen LogP contribution in [0.2, 0.25) is 0 Å². The smallest absolute Gasteiger partial charge is 0.407 e. The fraction of sp³-hybridized carbons (Fsp3) is 0.412. The number of nitrogens with one attached hydrogen (secondary N) is 3. The molecule has 28 heteroatoms. The van der Waals surface area contributed by atoms with Gasteiger partial charge in [0.25, 0.3) is 0 Å². The summed E-state index contributed by atoms with van der Waals surface area (Å²) in [7, 11) is -3.36. The van der Waals surface area contributed by atoms with Crippen LogP contribution in [0.25, 0.3) is 48.4 Å². The first-order chi connectivity index (χ1) is 51.5. The number of alkyl carbamates (subject to hydrolysis) is 2. The van der Waals surface area contributed by atoms with Gasteiger partial charge in [-0.25, -0.2) is 33.0 Å². The molecule has 9 heterocycles. The molecule has 0 saturated carbocycles. The molecular formula is C80H95N15O9S4. The van der Waals surface area contributed by atoms with Gasteiger partial charge in [-0.3, -0.25) is 0 Å². The topological polar surface area (TPSA) is 299 Å². The number of allylic oxidation sites excluding steroid dienone is 3. The van der Waals surface area contributed by atoms with Gasteiger partial charge in [-0.15, -0.1) is 30.6 Å². The quantitative estimate of drug-likeness (QED) is 0.0658. The molecule has 2 amide bonds. The number of carbonyl (C=O) groups excluding carboxylic acids is 2. The highest BCUT2D eigenvalue weighted by Gasteiger charge is 2.31. The van der Waals surface area contributed by atoms with E-state index >= 15 is 0 Å². The Labute approximate surface area is 644 Å². The number of anilines is 2. The number of ether oxygens (including phenoxy) is 5. The number of hydrogen-bond acceptors (Lipinski definition) is 25. The van der Waals surface area contributed by atoms with Gasteiger partial charge >= 0.3 is 12.2 Å². The first kappa shape index (κ1) is 78.0. The molecule has 6 aromatic heterocycles. The molecule has 0 spiro atoms. The fourth-order valence-corrected chi connectivity index (χ4v) is 16.2. The minimum atomic E-state index is -3.36. The lowest BCUT2D eigenvalue weighted by Crippen LogP contribution is -2.40. The van der Waals surface area contributed by atoms with Crippen LogP contribution in [-0.4, -0.2) is 159 Å². The fourth-order valence-electron chi connectivity index (χ4n) is 12.9. The molecule has 0 unspecified atom stereocenters. The van der Waals surface area contributed by atoms with E-state index in [-0.39, 0.29) is 53.0 Å².